The summed E-state index contributed by atoms with van der Waals surface area (Å²) >= 11 is 0.104. The third-order valence-corrected chi connectivity index (χ3v) is 11.4. The van der Waals surface area contributed by atoms with Gasteiger partial charge < -0.3 is 19.8 Å². The Labute approximate surface area is 268 Å². The van der Waals surface area contributed by atoms with Crippen LogP contribution in [0.3, 0.4) is 0 Å². The topological polar surface area (TPSA) is 80.3 Å². The molecule has 0 amide bonds. The molecule has 41 heavy (non-hydrogen) atoms. The van der Waals surface area contributed by atoms with Crippen molar-refractivity contribution in [1.82, 2.24) is 0 Å². The molecule has 0 N–H and O–H groups in total. The molecule has 0 saturated heterocycles. The molecule has 0 unspecified atom stereocenters. The molecule has 0 bridgehead atoms. The van der Waals surface area contributed by atoms with Gasteiger partial charge in [-0.2, -0.15) is 0 Å². The van der Waals surface area contributed by atoms with Gasteiger partial charge in [0.05, 0.1) is 0 Å². The van der Waals surface area contributed by atoms with Crippen molar-refractivity contribution in [2.75, 3.05) is 0 Å². The average Bonchev–Trinajstić information content (AvgIpc) is 2.95. The molecule has 0 aromatic rings. The van der Waals surface area contributed by atoms with Crippen molar-refractivity contribution in [2.45, 2.75) is 216 Å². The molecule has 0 aliphatic carbocycles. The van der Waals surface area contributed by atoms with Gasteiger partial charge in [0.15, 0.2) is 0 Å². The summed E-state index contributed by atoms with van der Waals surface area (Å²) in [5.41, 5.74) is 0. The van der Waals surface area contributed by atoms with E-state index in [9.17, 15) is 19.8 Å². The van der Waals surface area contributed by atoms with Gasteiger partial charge in [-0.3, -0.25) is 0 Å². The Balaban J connectivity index is -0.000000529. The van der Waals surface area contributed by atoms with Crippen LogP contribution < -0.4 is 10.2 Å². The summed E-state index contributed by atoms with van der Waals surface area (Å²) in [7, 11) is 0. The predicted octanol–water partition coefficient (Wildman–Crippen LogP) is 10.0. The summed E-state index contributed by atoms with van der Waals surface area (Å²) in [6, 6.07) is 0. The third kappa shape index (κ3) is 56.2. The second kappa shape index (κ2) is 44.2. The van der Waals surface area contributed by atoms with Gasteiger partial charge >= 0.3 is 95.2 Å². The van der Waals surface area contributed by atoms with E-state index >= 15 is 0 Å². The molecular formula is C36H72O4Sn. The van der Waals surface area contributed by atoms with E-state index in [1.807, 2.05) is 0 Å². The fourth-order valence-corrected chi connectivity index (χ4v) is 8.21. The number of unbranched alkanes of at least 4 members (excludes halogenated alkanes) is 22. The predicted molar refractivity (Wildman–Crippen MR) is 177 cm³/mol. The van der Waals surface area contributed by atoms with Crippen LogP contribution in [-0.2, 0) is 9.59 Å². The van der Waals surface area contributed by atoms with Crippen molar-refractivity contribution < 1.29 is 19.8 Å². The van der Waals surface area contributed by atoms with Crippen LogP contribution in [0.4, 0.5) is 0 Å². The Morgan fingerprint density at radius 2 is 0.585 bits per heavy atom. The van der Waals surface area contributed by atoms with E-state index in [1.54, 1.807) is 21.7 Å². The molecule has 0 atom stereocenters. The number of aliphatic carboxylic acids is 2. The molecule has 0 fully saturated rings. The summed E-state index contributed by atoms with van der Waals surface area (Å²) in [6.07, 6.45) is 34.2. The van der Waals surface area contributed by atoms with E-state index in [2.05, 4.69) is 27.7 Å². The Morgan fingerprint density at radius 1 is 0.366 bits per heavy atom. The fraction of sp³-hybridized carbons (Fsp3) is 0.944. The zero-order valence-corrected chi connectivity index (χ0v) is 31.2. The van der Waals surface area contributed by atoms with Gasteiger partial charge in [0.1, 0.15) is 0 Å². The van der Waals surface area contributed by atoms with Gasteiger partial charge in [-0.15, -0.1) is 0 Å². The van der Waals surface area contributed by atoms with Gasteiger partial charge in [0.25, 0.3) is 0 Å². The summed E-state index contributed by atoms with van der Waals surface area (Å²) in [5, 5.41) is 20.2. The second-order valence-electron chi connectivity index (χ2n) is 11.8. The van der Waals surface area contributed by atoms with Crippen LogP contribution in [0.15, 0.2) is 0 Å². The Kier molecular flexibility index (Phi) is 48.7. The number of carbonyl (C=O) groups excluding carboxylic acids is 2. The minimum absolute atomic E-state index is 0.104. The number of hydrogen-bond acceptors (Lipinski definition) is 4. The number of carboxylic acids is 2. The van der Waals surface area contributed by atoms with Crippen LogP contribution in [0.2, 0.25) is 8.87 Å². The summed E-state index contributed by atoms with van der Waals surface area (Å²) < 4.78 is 3.30. The summed E-state index contributed by atoms with van der Waals surface area (Å²) in [4.78, 5) is 20.2. The van der Waals surface area contributed by atoms with Crippen molar-refractivity contribution in [3.05, 3.63) is 0 Å². The molecule has 4 nitrogen and oxygen atoms in total. The normalized spacial score (nSPS) is 10.2. The monoisotopic (exact) mass is 688 g/mol. The van der Waals surface area contributed by atoms with E-state index in [4.69, 9.17) is 0 Å². The van der Waals surface area contributed by atoms with E-state index in [-0.39, 0.29) is 34.0 Å². The number of carbonyl (C=O) groups is 2. The molecule has 0 aliphatic heterocycles. The van der Waals surface area contributed by atoms with Crippen molar-refractivity contribution in [2.24, 2.45) is 0 Å². The maximum atomic E-state index is 10.1. The molecule has 0 aliphatic rings. The molecule has 0 radical (unpaired) electrons. The molecule has 0 aromatic heterocycles. The van der Waals surface area contributed by atoms with Crippen LogP contribution in [0.1, 0.15) is 207 Å². The van der Waals surface area contributed by atoms with Crippen molar-refractivity contribution in [1.29, 1.82) is 0 Å². The Hall–Kier alpha value is -0.261. The first-order valence-corrected chi connectivity index (χ1v) is 22.1. The maximum absolute atomic E-state index is 10.1. The standard InChI is InChI=1S/2C12H24O2.2C6H13.Sn/c2*1-2-3-4-5-6-7-8-9-10-11-12(13)14;2*1-3-5-6-4-2;/h2*2-11H2,1H3,(H,13,14);2*1,3-6H2,2H3;/q;;;;+2/p-2. The van der Waals surface area contributed by atoms with Crippen molar-refractivity contribution >= 4 is 33.1 Å². The molecular weight excluding hydrogens is 615 g/mol. The van der Waals surface area contributed by atoms with Crippen LogP contribution in [0.25, 0.3) is 0 Å². The molecule has 0 aromatic carbocycles. The first-order chi connectivity index (χ1) is 20.0. The first-order valence-electron chi connectivity index (χ1n) is 18.1. The van der Waals surface area contributed by atoms with Gasteiger partial charge in [-0.25, -0.2) is 0 Å². The third-order valence-electron chi connectivity index (χ3n) is 7.38. The van der Waals surface area contributed by atoms with Gasteiger partial charge in [0.2, 0.25) is 0 Å². The van der Waals surface area contributed by atoms with Crippen molar-refractivity contribution in [3.63, 3.8) is 0 Å². The van der Waals surface area contributed by atoms with E-state index in [1.165, 1.54) is 128 Å². The Morgan fingerprint density at radius 3 is 0.829 bits per heavy atom. The molecule has 0 heterocycles. The number of carboxylic acid groups (broad SMARTS) is 2. The summed E-state index contributed by atoms with van der Waals surface area (Å²) in [5.74, 6) is -1.82. The van der Waals surface area contributed by atoms with Gasteiger partial charge in [0, 0.05) is 11.9 Å². The molecule has 244 valence electrons. The SMILES string of the molecule is CCCCCCCCCCCC(=O)[O-].CCCCCCCCCCCC(=O)[O-].CCCCC[CH2][Sn+2][CH2]CCCCC. The van der Waals surface area contributed by atoms with Gasteiger partial charge in [-0.05, 0) is 25.7 Å². The van der Waals surface area contributed by atoms with Crippen LogP contribution in [-0.4, -0.2) is 33.1 Å². The number of hydrogen-bond donors (Lipinski definition) is 0. The van der Waals surface area contributed by atoms with E-state index in [0.29, 0.717) is 0 Å². The van der Waals surface area contributed by atoms with Crippen molar-refractivity contribution in [3.8, 4) is 0 Å². The van der Waals surface area contributed by atoms with E-state index in [0.717, 1.165) is 25.7 Å². The zero-order valence-electron chi connectivity index (χ0n) is 28.3. The van der Waals surface area contributed by atoms with Crippen LogP contribution in [0, 0.1) is 0 Å². The molecule has 5 heteroatoms. The first kappa shape index (κ1) is 45.2. The minimum atomic E-state index is -0.909. The molecule has 0 saturated carbocycles. The fourth-order valence-electron chi connectivity index (χ4n) is 4.64. The van der Waals surface area contributed by atoms with Crippen LogP contribution >= 0.6 is 0 Å². The summed E-state index contributed by atoms with van der Waals surface area (Å²) in [6.45, 7) is 9.04. The quantitative estimate of drug-likeness (QED) is 0.0556. The second-order valence-corrected chi connectivity index (χ2v) is 16.1. The van der Waals surface area contributed by atoms with Crippen LogP contribution in [0.5, 0.6) is 0 Å². The Bertz CT molecular complexity index is 442. The average molecular weight is 688 g/mol. The zero-order chi connectivity index (χ0) is 31.1. The van der Waals surface area contributed by atoms with E-state index < -0.39 is 11.9 Å². The van der Waals surface area contributed by atoms with Gasteiger partial charge in [-0.1, -0.05) is 117 Å². The number of rotatable bonds is 30. The molecule has 0 spiro atoms. The molecule has 0 rings (SSSR count).